The largest absolute Gasteiger partial charge is 0.507 e. The molecule has 6 heteroatoms. The lowest BCUT2D eigenvalue weighted by Gasteiger charge is -2.35. The second-order valence-electron chi connectivity index (χ2n) is 13.9. The molecule has 0 aromatic heterocycles. The highest BCUT2D eigenvalue weighted by molar-refractivity contribution is 7.79. The number of ether oxygens (including phenoxy) is 2. The van der Waals surface area contributed by atoms with Crippen molar-refractivity contribution in [2.24, 2.45) is 17.8 Å². The van der Waals surface area contributed by atoms with Crippen molar-refractivity contribution in [1.29, 1.82) is 0 Å². The van der Waals surface area contributed by atoms with Crippen molar-refractivity contribution in [3.05, 3.63) is 86.5 Å². The van der Waals surface area contributed by atoms with Crippen LogP contribution in [0.15, 0.2) is 36.4 Å². The van der Waals surface area contributed by atoms with Gasteiger partial charge < -0.3 is 24.8 Å². The van der Waals surface area contributed by atoms with Crippen LogP contribution in [0.5, 0.6) is 17.2 Å². The summed E-state index contributed by atoms with van der Waals surface area (Å²) in [6.07, 6.45) is 5.27. The average Bonchev–Trinajstić information content (AvgIpc) is 3.03. The maximum Gasteiger partial charge on any atom is 0.125 e. The van der Waals surface area contributed by atoms with E-state index in [0.29, 0.717) is 34.8 Å². The molecule has 3 aromatic carbocycles. The molecule has 3 aromatic rings. The molecule has 0 amide bonds. The number of rotatable bonds is 17. The van der Waals surface area contributed by atoms with E-state index in [9.17, 15) is 15.3 Å². The normalized spacial score (nSPS) is 14.4. The third-order valence-corrected chi connectivity index (χ3v) is 10.2. The Morgan fingerprint density at radius 1 is 0.630 bits per heavy atom. The number of hydrogen-bond donors (Lipinski definition) is 4. The quantitative estimate of drug-likeness (QED) is 0.0864. The predicted octanol–water partition coefficient (Wildman–Crippen LogP) is 9.65. The topological polar surface area (TPSA) is 79.2 Å². The van der Waals surface area contributed by atoms with Gasteiger partial charge in [-0.15, -0.1) is 0 Å². The lowest BCUT2D eigenvalue weighted by molar-refractivity contribution is 0.181. The SMILES string of the molecule is CCC(C)Cc1cc(C(C)(c2cc(CS)c(O)c(COC)c2)c2cc(CCC(C)C)c(O)c(COC)c2)cc(CC(C)CC)c1O. The molecule has 0 bridgehead atoms. The van der Waals surface area contributed by atoms with Crippen LogP contribution in [0, 0.1) is 17.8 Å². The molecule has 0 aliphatic heterocycles. The number of thiol groups is 1. The number of aryl methyl sites for hydroxylation is 1. The van der Waals surface area contributed by atoms with Crippen LogP contribution < -0.4 is 0 Å². The van der Waals surface area contributed by atoms with Gasteiger partial charge in [0.2, 0.25) is 0 Å². The van der Waals surface area contributed by atoms with Crippen LogP contribution in [0.25, 0.3) is 0 Å². The first kappa shape index (κ1) is 37.8. The van der Waals surface area contributed by atoms with E-state index in [1.165, 1.54) is 0 Å². The molecule has 46 heavy (non-hydrogen) atoms. The molecule has 0 fully saturated rings. The predicted molar refractivity (Wildman–Crippen MR) is 193 cm³/mol. The maximum atomic E-state index is 11.6. The van der Waals surface area contributed by atoms with Crippen LogP contribution in [0.1, 0.15) is 118 Å². The second-order valence-corrected chi connectivity index (χ2v) is 14.3. The molecule has 0 saturated heterocycles. The Labute approximate surface area is 283 Å². The van der Waals surface area contributed by atoms with E-state index in [1.54, 1.807) is 14.2 Å². The van der Waals surface area contributed by atoms with Crippen molar-refractivity contribution >= 4 is 12.6 Å². The zero-order chi connectivity index (χ0) is 34.2. The van der Waals surface area contributed by atoms with Gasteiger partial charge in [-0.3, -0.25) is 0 Å². The smallest absolute Gasteiger partial charge is 0.125 e. The summed E-state index contributed by atoms with van der Waals surface area (Å²) in [6, 6.07) is 12.7. The third-order valence-electron chi connectivity index (χ3n) is 9.83. The number of phenolic OH excluding ortho intramolecular Hbond substituents is 3. The van der Waals surface area contributed by atoms with E-state index in [2.05, 4.69) is 85.4 Å². The fourth-order valence-electron chi connectivity index (χ4n) is 6.28. The molecule has 3 unspecified atom stereocenters. The molecule has 5 nitrogen and oxygen atoms in total. The monoisotopic (exact) mass is 650 g/mol. The number of methoxy groups -OCH3 is 2. The van der Waals surface area contributed by atoms with Crippen LogP contribution >= 0.6 is 12.6 Å². The molecule has 0 aliphatic rings. The van der Waals surface area contributed by atoms with Gasteiger partial charge in [-0.1, -0.05) is 78.6 Å². The van der Waals surface area contributed by atoms with Gasteiger partial charge in [0, 0.05) is 42.1 Å². The van der Waals surface area contributed by atoms with Crippen LogP contribution in [0.4, 0.5) is 0 Å². The van der Waals surface area contributed by atoms with Crippen LogP contribution in [-0.4, -0.2) is 29.5 Å². The Morgan fingerprint density at radius 3 is 1.39 bits per heavy atom. The number of aromatic hydroxyl groups is 3. The Morgan fingerprint density at radius 2 is 1.00 bits per heavy atom. The van der Waals surface area contributed by atoms with Crippen molar-refractivity contribution in [2.45, 2.75) is 111 Å². The highest BCUT2D eigenvalue weighted by Crippen LogP contribution is 2.46. The van der Waals surface area contributed by atoms with E-state index in [0.717, 1.165) is 83.0 Å². The Hall–Kier alpha value is -2.67. The Kier molecular flexibility index (Phi) is 13.9. The van der Waals surface area contributed by atoms with Gasteiger partial charge in [-0.05, 0) is 95.9 Å². The summed E-state index contributed by atoms with van der Waals surface area (Å²) in [5, 5.41) is 34.2. The van der Waals surface area contributed by atoms with Crippen molar-refractivity contribution in [3.63, 3.8) is 0 Å². The van der Waals surface area contributed by atoms with Gasteiger partial charge in [-0.25, -0.2) is 0 Å². The van der Waals surface area contributed by atoms with E-state index >= 15 is 0 Å². The van der Waals surface area contributed by atoms with Crippen molar-refractivity contribution in [1.82, 2.24) is 0 Å². The number of phenols is 3. The van der Waals surface area contributed by atoms with Gasteiger partial charge in [0.05, 0.1) is 13.2 Å². The summed E-state index contributed by atoms with van der Waals surface area (Å²) in [6.45, 7) is 16.0. The van der Waals surface area contributed by atoms with Crippen molar-refractivity contribution in [2.75, 3.05) is 14.2 Å². The fourth-order valence-corrected chi connectivity index (χ4v) is 6.52. The van der Waals surface area contributed by atoms with E-state index in [1.807, 2.05) is 12.1 Å². The summed E-state index contributed by atoms with van der Waals surface area (Å²) >= 11 is 4.59. The van der Waals surface area contributed by atoms with Gasteiger partial charge in [0.25, 0.3) is 0 Å². The second kappa shape index (κ2) is 16.9. The molecular formula is C40H58O5S. The standard InChI is InChI=1S/C40H58O5S/c1-10-26(5)14-29-17-35(18-30(38(29)42)15-27(6)11-2)40(7,36-20-32(23-45-9)39(43)33(21-36)24-46)34-16-28(13-12-25(3)4)37(41)31(19-34)22-44-8/h16-21,25-27,41-43,46H,10-15,22-24H2,1-9H3. The summed E-state index contributed by atoms with van der Waals surface area (Å²) in [5.74, 6) is 2.55. The van der Waals surface area contributed by atoms with E-state index < -0.39 is 5.41 Å². The molecule has 3 N–H and O–H groups in total. The first-order chi connectivity index (χ1) is 21.8. The molecule has 0 saturated carbocycles. The minimum atomic E-state index is -0.723. The Balaban J connectivity index is 2.51. The molecule has 0 aliphatic carbocycles. The fraction of sp³-hybridized carbons (Fsp3) is 0.550. The van der Waals surface area contributed by atoms with Crippen molar-refractivity contribution in [3.8, 4) is 17.2 Å². The maximum absolute atomic E-state index is 11.6. The highest BCUT2D eigenvalue weighted by Gasteiger charge is 2.35. The highest BCUT2D eigenvalue weighted by atomic mass is 32.1. The Bertz CT molecular complexity index is 1420. The van der Waals surface area contributed by atoms with Crippen LogP contribution in [0.2, 0.25) is 0 Å². The van der Waals surface area contributed by atoms with Crippen LogP contribution in [0.3, 0.4) is 0 Å². The molecule has 0 spiro atoms. The van der Waals surface area contributed by atoms with Crippen LogP contribution in [-0.2, 0) is 53.1 Å². The summed E-state index contributed by atoms with van der Waals surface area (Å²) < 4.78 is 11.1. The summed E-state index contributed by atoms with van der Waals surface area (Å²) in [5.41, 5.74) is 7.32. The first-order valence-electron chi connectivity index (χ1n) is 17.0. The molecule has 3 rings (SSSR count). The lowest BCUT2D eigenvalue weighted by atomic mass is 9.68. The molecule has 0 heterocycles. The molecular weight excluding hydrogens is 593 g/mol. The van der Waals surface area contributed by atoms with Gasteiger partial charge in [0.1, 0.15) is 17.2 Å². The zero-order valence-electron chi connectivity index (χ0n) is 29.7. The van der Waals surface area contributed by atoms with E-state index in [4.69, 9.17) is 9.47 Å². The number of hydrogen-bond acceptors (Lipinski definition) is 6. The minimum absolute atomic E-state index is 0.201. The van der Waals surface area contributed by atoms with Gasteiger partial charge in [0.15, 0.2) is 0 Å². The number of benzene rings is 3. The molecule has 0 radical (unpaired) electrons. The van der Waals surface area contributed by atoms with E-state index in [-0.39, 0.29) is 24.7 Å². The zero-order valence-corrected chi connectivity index (χ0v) is 30.6. The first-order valence-corrected chi connectivity index (χ1v) is 17.6. The van der Waals surface area contributed by atoms with Gasteiger partial charge in [-0.2, -0.15) is 12.6 Å². The summed E-state index contributed by atoms with van der Waals surface area (Å²) in [4.78, 5) is 0. The minimum Gasteiger partial charge on any atom is -0.507 e. The van der Waals surface area contributed by atoms with Gasteiger partial charge >= 0.3 is 0 Å². The summed E-state index contributed by atoms with van der Waals surface area (Å²) in [7, 11) is 3.28. The van der Waals surface area contributed by atoms with Crippen molar-refractivity contribution < 1.29 is 24.8 Å². The molecule has 3 atom stereocenters. The molecule has 254 valence electrons. The average molecular weight is 651 g/mol. The third kappa shape index (κ3) is 8.62. The lowest BCUT2D eigenvalue weighted by Crippen LogP contribution is -2.27.